The van der Waals surface area contributed by atoms with Crippen molar-refractivity contribution in [3.8, 4) is 0 Å². The molecule has 0 radical (unpaired) electrons. The number of ether oxygens (including phenoxy) is 1. The van der Waals surface area contributed by atoms with Gasteiger partial charge in [0.25, 0.3) is 0 Å². The maximum atomic E-state index is 12.1. The van der Waals surface area contributed by atoms with Gasteiger partial charge in [-0.25, -0.2) is 9.59 Å². The highest BCUT2D eigenvalue weighted by atomic mass is 16.5. The SMILES string of the molecule is CCC1CCN(C(=O)NCCOCC(C)C)C(C(=O)O)C1. The van der Waals surface area contributed by atoms with Gasteiger partial charge in [-0.15, -0.1) is 0 Å². The van der Waals surface area contributed by atoms with Crippen LogP contribution in [0, 0.1) is 11.8 Å². The fraction of sp³-hybridized carbons (Fsp3) is 0.867. The average molecular weight is 300 g/mol. The molecule has 0 aromatic carbocycles. The molecule has 21 heavy (non-hydrogen) atoms. The third kappa shape index (κ3) is 5.91. The first-order valence-corrected chi connectivity index (χ1v) is 7.80. The fourth-order valence-corrected chi connectivity index (χ4v) is 2.54. The van der Waals surface area contributed by atoms with Gasteiger partial charge in [0.05, 0.1) is 6.61 Å². The molecule has 0 spiro atoms. The molecule has 0 saturated carbocycles. The lowest BCUT2D eigenvalue weighted by atomic mass is 9.89. The molecule has 122 valence electrons. The fourth-order valence-electron chi connectivity index (χ4n) is 2.54. The highest BCUT2D eigenvalue weighted by Gasteiger charge is 2.35. The van der Waals surface area contributed by atoms with E-state index in [1.54, 1.807) is 0 Å². The second-order valence-electron chi connectivity index (χ2n) is 6.05. The van der Waals surface area contributed by atoms with Crippen LogP contribution in [0.15, 0.2) is 0 Å². The van der Waals surface area contributed by atoms with Crippen molar-refractivity contribution in [2.24, 2.45) is 11.8 Å². The maximum Gasteiger partial charge on any atom is 0.326 e. The molecular weight excluding hydrogens is 272 g/mol. The van der Waals surface area contributed by atoms with E-state index >= 15 is 0 Å². The Morgan fingerprint density at radius 2 is 2.14 bits per heavy atom. The summed E-state index contributed by atoms with van der Waals surface area (Å²) >= 11 is 0. The molecule has 1 aliphatic heterocycles. The Bertz CT molecular complexity index is 347. The Hall–Kier alpha value is -1.30. The number of carbonyl (C=O) groups excluding carboxylic acids is 1. The number of aliphatic carboxylic acids is 1. The molecule has 1 fully saturated rings. The van der Waals surface area contributed by atoms with Crippen LogP contribution in [-0.4, -0.2) is 54.4 Å². The van der Waals surface area contributed by atoms with Gasteiger partial charge in [-0.2, -0.15) is 0 Å². The minimum Gasteiger partial charge on any atom is -0.480 e. The summed E-state index contributed by atoms with van der Waals surface area (Å²) in [5.74, 6) is -0.0611. The van der Waals surface area contributed by atoms with E-state index in [0.29, 0.717) is 44.6 Å². The Morgan fingerprint density at radius 1 is 1.43 bits per heavy atom. The zero-order valence-electron chi connectivity index (χ0n) is 13.3. The zero-order chi connectivity index (χ0) is 15.8. The molecule has 2 unspecified atom stereocenters. The minimum absolute atomic E-state index is 0.301. The monoisotopic (exact) mass is 300 g/mol. The molecule has 1 aliphatic rings. The van der Waals surface area contributed by atoms with Crippen molar-refractivity contribution in [3.63, 3.8) is 0 Å². The number of nitrogens with one attached hydrogen (secondary N) is 1. The summed E-state index contributed by atoms with van der Waals surface area (Å²) in [5, 5.41) is 12.0. The molecule has 0 aromatic rings. The van der Waals surface area contributed by atoms with Crippen molar-refractivity contribution in [2.75, 3.05) is 26.3 Å². The topological polar surface area (TPSA) is 78.9 Å². The normalized spacial score (nSPS) is 22.4. The highest BCUT2D eigenvalue weighted by molar-refractivity contribution is 5.82. The number of carboxylic acids is 1. The maximum absolute atomic E-state index is 12.1. The second kappa shape index (κ2) is 8.87. The molecule has 6 nitrogen and oxygen atoms in total. The molecule has 0 aromatic heterocycles. The minimum atomic E-state index is -0.917. The van der Waals surface area contributed by atoms with E-state index in [-0.39, 0.29) is 6.03 Å². The quantitative estimate of drug-likeness (QED) is 0.704. The van der Waals surface area contributed by atoms with Crippen molar-refractivity contribution < 1.29 is 19.4 Å². The summed E-state index contributed by atoms with van der Waals surface area (Å²) < 4.78 is 5.39. The van der Waals surface area contributed by atoms with Gasteiger partial charge in [0.15, 0.2) is 0 Å². The van der Waals surface area contributed by atoms with Crippen molar-refractivity contribution in [3.05, 3.63) is 0 Å². The Morgan fingerprint density at radius 3 is 2.71 bits per heavy atom. The molecule has 1 heterocycles. The average Bonchev–Trinajstić information content (AvgIpc) is 2.45. The number of hydrogen-bond donors (Lipinski definition) is 2. The van der Waals surface area contributed by atoms with E-state index in [1.807, 2.05) is 0 Å². The lowest BCUT2D eigenvalue weighted by molar-refractivity contribution is -0.144. The van der Waals surface area contributed by atoms with Crippen LogP contribution in [0.1, 0.15) is 40.0 Å². The highest BCUT2D eigenvalue weighted by Crippen LogP contribution is 2.25. The van der Waals surface area contributed by atoms with Crippen LogP contribution >= 0.6 is 0 Å². The van der Waals surface area contributed by atoms with E-state index < -0.39 is 12.0 Å². The number of hydrogen-bond acceptors (Lipinski definition) is 3. The summed E-state index contributed by atoms with van der Waals surface area (Å²) in [5.41, 5.74) is 0. The molecular formula is C15H28N2O4. The lowest BCUT2D eigenvalue weighted by Gasteiger charge is -2.36. The predicted molar refractivity (Wildman–Crippen MR) is 80.2 cm³/mol. The first-order valence-electron chi connectivity index (χ1n) is 7.80. The standard InChI is InChI=1S/C15H28N2O4/c1-4-12-5-7-17(13(9-12)14(18)19)15(20)16-6-8-21-10-11(2)3/h11-13H,4-10H2,1-3H3,(H,16,20)(H,18,19). The number of piperidine rings is 1. The first kappa shape index (κ1) is 17.8. The van der Waals surface area contributed by atoms with Crippen LogP contribution in [0.4, 0.5) is 4.79 Å². The van der Waals surface area contributed by atoms with Gasteiger partial charge in [0.2, 0.25) is 0 Å². The largest absolute Gasteiger partial charge is 0.480 e. The van der Waals surface area contributed by atoms with E-state index in [2.05, 4.69) is 26.1 Å². The van der Waals surface area contributed by atoms with Crippen molar-refractivity contribution in [2.45, 2.75) is 46.1 Å². The van der Waals surface area contributed by atoms with Gasteiger partial charge >= 0.3 is 12.0 Å². The van der Waals surface area contributed by atoms with Gasteiger partial charge < -0.3 is 20.1 Å². The zero-order valence-corrected chi connectivity index (χ0v) is 13.3. The number of rotatable bonds is 7. The van der Waals surface area contributed by atoms with Gasteiger partial charge in [-0.1, -0.05) is 27.2 Å². The van der Waals surface area contributed by atoms with Crippen LogP contribution in [-0.2, 0) is 9.53 Å². The van der Waals surface area contributed by atoms with Crippen LogP contribution in [0.3, 0.4) is 0 Å². The van der Waals surface area contributed by atoms with Gasteiger partial charge in [0, 0.05) is 19.7 Å². The first-order chi connectivity index (χ1) is 9.95. The lowest BCUT2D eigenvalue weighted by Crippen LogP contribution is -2.53. The summed E-state index contributed by atoms with van der Waals surface area (Å²) in [7, 11) is 0. The molecule has 1 rings (SSSR count). The van der Waals surface area contributed by atoms with Crippen LogP contribution in [0.5, 0.6) is 0 Å². The van der Waals surface area contributed by atoms with Crippen LogP contribution in [0.2, 0.25) is 0 Å². The molecule has 1 saturated heterocycles. The van der Waals surface area contributed by atoms with Crippen molar-refractivity contribution >= 4 is 12.0 Å². The summed E-state index contributed by atoms with van der Waals surface area (Å²) in [4.78, 5) is 24.9. The Labute approximate surface area is 126 Å². The van der Waals surface area contributed by atoms with E-state index in [4.69, 9.17) is 4.74 Å². The van der Waals surface area contributed by atoms with E-state index in [9.17, 15) is 14.7 Å². The third-order valence-electron chi connectivity index (χ3n) is 3.81. The number of carbonyl (C=O) groups is 2. The number of likely N-dealkylation sites (tertiary alicyclic amines) is 1. The molecule has 2 N–H and O–H groups in total. The Kier molecular flexibility index (Phi) is 7.50. The van der Waals surface area contributed by atoms with Crippen molar-refractivity contribution in [1.82, 2.24) is 10.2 Å². The van der Waals surface area contributed by atoms with Crippen LogP contribution in [0.25, 0.3) is 0 Å². The van der Waals surface area contributed by atoms with Crippen LogP contribution < -0.4 is 5.32 Å². The number of carboxylic acid groups (broad SMARTS) is 1. The summed E-state index contributed by atoms with van der Waals surface area (Å²) in [6, 6.07) is -1.01. The van der Waals surface area contributed by atoms with E-state index in [0.717, 1.165) is 12.8 Å². The summed E-state index contributed by atoms with van der Waals surface area (Å²) in [6.45, 7) is 8.22. The molecule has 6 heteroatoms. The molecule has 0 bridgehead atoms. The Balaban J connectivity index is 2.39. The second-order valence-corrected chi connectivity index (χ2v) is 6.05. The third-order valence-corrected chi connectivity index (χ3v) is 3.81. The number of amides is 2. The van der Waals surface area contributed by atoms with Gasteiger partial charge in [0.1, 0.15) is 6.04 Å². The smallest absolute Gasteiger partial charge is 0.326 e. The predicted octanol–water partition coefficient (Wildman–Crippen LogP) is 1.94. The van der Waals surface area contributed by atoms with Gasteiger partial charge in [-0.3, -0.25) is 0 Å². The number of urea groups is 1. The summed E-state index contributed by atoms with van der Waals surface area (Å²) in [6.07, 6.45) is 2.38. The number of nitrogens with zero attached hydrogens (tertiary/aromatic N) is 1. The van der Waals surface area contributed by atoms with Crippen molar-refractivity contribution in [1.29, 1.82) is 0 Å². The molecule has 2 atom stereocenters. The van der Waals surface area contributed by atoms with Gasteiger partial charge in [-0.05, 0) is 24.7 Å². The van der Waals surface area contributed by atoms with E-state index in [1.165, 1.54) is 4.90 Å². The molecule has 2 amide bonds. The molecule has 0 aliphatic carbocycles.